The lowest BCUT2D eigenvalue weighted by atomic mass is 10.0. The maximum Gasteiger partial charge on any atom is 0.343 e. The molecule has 4 rings (SSSR count). The van der Waals surface area contributed by atoms with Crippen LogP contribution < -0.4 is 4.74 Å². The number of rotatable bonds is 11. The summed E-state index contributed by atoms with van der Waals surface area (Å²) in [6, 6.07) is 34.0. The lowest BCUT2D eigenvalue weighted by molar-refractivity contribution is 0.0735. The van der Waals surface area contributed by atoms with Crippen molar-refractivity contribution in [1.29, 1.82) is 0 Å². The maximum atomic E-state index is 12.7. The second-order valence-electron chi connectivity index (χ2n) is 9.41. The monoisotopic (exact) mass is 489 g/mol. The molecule has 0 saturated heterocycles. The van der Waals surface area contributed by atoms with Gasteiger partial charge in [0, 0.05) is 6.21 Å². The van der Waals surface area contributed by atoms with Gasteiger partial charge in [0.2, 0.25) is 0 Å². The highest BCUT2D eigenvalue weighted by atomic mass is 16.5. The van der Waals surface area contributed by atoms with Gasteiger partial charge in [0.15, 0.2) is 0 Å². The molecule has 0 bridgehead atoms. The number of unbranched alkanes of at least 4 members (excludes halogenated alkanes) is 3. The first-order valence-electron chi connectivity index (χ1n) is 13.2. The van der Waals surface area contributed by atoms with Crippen LogP contribution in [0.15, 0.2) is 108 Å². The summed E-state index contributed by atoms with van der Waals surface area (Å²) in [5, 5.41) is 0. The molecule has 0 heterocycles. The first-order chi connectivity index (χ1) is 18.1. The molecule has 4 aromatic carbocycles. The summed E-state index contributed by atoms with van der Waals surface area (Å²) in [4.78, 5) is 17.3. The molecule has 0 aromatic heterocycles. The second-order valence-corrected chi connectivity index (χ2v) is 9.41. The first-order valence-corrected chi connectivity index (χ1v) is 13.2. The summed E-state index contributed by atoms with van der Waals surface area (Å²) in [6.07, 6.45) is 8.09. The fourth-order valence-electron chi connectivity index (χ4n) is 4.22. The Kier molecular flexibility index (Phi) is 9.42. The highest BCUT2D eigenvalue weighted by Crippen LogP contribution is 2.22. The van der Waals surface area contributed by atoms with Crippen LogP contribution in [0.1, 0.15) is 72.6 Å². The average molecular weight is 490 g/mol. The van der Waals surface area contributed by atoms with Gasteiger partial charge in [-0.25, -0.2) is 4.79 Å². The van der Waals surface area contributed by atoms with Crippen LogP contribution in [0.25, 0.3) is 11.1 Å². The molecule has 4 aromatic rings. The fourth-order valence-corrected chi connectivity index (χ4v) is 4.22. The molecule has 1 unspecified atom stereocenters. The molecule has 0 spiro atoms. The molecule has 3 heteroatoms. The molecule has 0 N–H and O–H groups in total. The number of carbonyl (C=O) groups excluding carboxylic acids is 1. The van der Waals surface area contributed by atoms with Crippen molar-refractivity contribution in [1.82, 2.24) is 0 Å². The lowest BCUT2D eigenvalue weighted by Gasteiger charge is -2.08. The molecule has 1 atom stereocenters. The highest BCUT2D eigenvalue weighted by Gasteiger charge is 2.09. The zero-order valence-electron chi connectivity index (χ0n) is 21.8. The molecule has 188 valence electrons. The predicted molar refractivity (Wildman–Crippen MR) is 154 cm³/mol. The van der Waals surface area contributed by atoms with Crippen LogP contribution in [-0.4, -0.2) is 12.2 Å². The van der Waals surface area contributed by atoms with Gasteiger partial charge in [0.25, 0.3) is 0 Å². The number of aryl methyl sites for hydroxylation is 1. The minimum atomic E-state index is -0.368. The maximum absolute atomic E-state index is 12.7. The van der Waals surface area contributed by atoms with Crippen molar-refractivity contribution in [3.8, 4) is 16.9 Å². The molecule has 3 nitrogen and oxygen atoms in total. The Morgan fingerprint density at radius 3 is 2.08 bits per heavy atom. The van der Waals surface area contributed by atoms with E-state index in [9.17, 15) is 4.79 Å². The predicted octanol–water partition coefficient (Wildman–Crippen LogP) is 8.88. The number of esters is 1. The van der Waals surface area contributed by atoms with Crippen molar-refractivity contribution in [2.24, 2.45) is 4.99 Å². The molecule has 0 radical (unpaired) electrons. The van der Waals surface area contributed by atoms with Gasteiger partial charge in [0.05, 0.1) is 11.6 Å². The second kappa shape index (κ2) is 13.4. The van der Waals surface area contributed by atoms with E-state index in [-0.39, 0.29) is 12.0 Å². The van der Waals surface area contributed by atoms with Gasteiger partial charge in [-0.2, -0.15) is 0 Å². The number of carbonyl (C=O) groups is 1. The molecule has 0 aliphatic heterocycles. The van der Waals surface area contributed by atoms with Crippen molar-refractivity contribution in [2.75, 3.05) is 0 Å². The SMILES string of the molecule is CCCCCCc1ccc(-c2ccc(C(=O)Oc3ccc(C=NC(C)c4ccccc4)cc3)cc2)cc1. The van der Waals surface area contributed by atoms with Crippen molar-refractivity contribution in [2.45, 2.75) is 52.0 Å². The third kappa shape index (κ3) is 7.75. The minimum Gasteiger partial charge on any atom is -0.423 e. The van der Waals surface area contributed by atoms with E-state index in [1.54, 1.807) is 12.1 Å². The molecular formula is C34H35NO2. The standard InChI is InChI=1S/C34H35NO2/c1-3-4-5-7-10-27-13-17-30(18-14-27)31-19-21-32(22-20-31)34(36)37-33-23-15-28(16-24-33)25-35-26(2)29-11-8-6-9-12-29/h6,8-9,11-26H,3-5,7,10H2,1-2H3. The first kappa shape index (κ1) is 26.1. The van der Waals surface area contributed by atoms with Crippen LogP contribution in [0, 0.1) is 0 Å². The smallest absolute Gasteiger partial charge is 0.343 e. The van der Waals surface area contributed by atoms with Crippen molar-refractivity contribution in [3.05, 3.63) is 125 Å². The van der Waals surface area contributed by atoms with Crippen LogP contribution in [0.3, 0.4) is 0 Å². The van der Waals surface area contributed by atoms with E-state index in [0.717, 1.165) is 23.1 Å². The summed E-state index contributed by atoms with van der Waals surface area (Å²) in [5.74, 6) is 0.143. The molecular weight excluding hydrogens is 454 g/mol. The average Bonchev–Trinajstić information content (AvgIpc) is 2.95. The van der Waals surface area contributed by atoms with Gasteiger partial charge in [0.1, 0.15) is 5.75 Å². The molecule has 0 aliphatic carbocycles. The number of ether oxygens (including phenoxy) is 1. The molecule has 0 amide bonds. The van der Waals surface area contributed by atoms with Gasteiger partial charge < -0.3 is 4.74 Å². The summed E-state index contributed by atoms with van der Waals surface area (Å²) in [5.41, 5.74) is 6.27. The summed E-state index contributed by atoms with van der Waals surface area (Å²) in [7, 11) is 0. The van der Waals surface area contributed by atoms with E-state index in [0.29, 0.717) is 11.3 Å². The lowest BCUT2D eigenvalue weighted by Crippen LogP contribution is -2.08. The Balaban J connectivity index is 1.31. The zero-order valence-corrected chi connectivity index (χ0v) is 21.8. The summed E-state index contributed by atoms with van der Waals surface area (Å²) < 4.78 is 5.58. The van der Waals surface area contributed by atoms with Crippen molar-refractivity contribution in [3.63, 3.8) is 0 Å². The van der Waals surface area contributed by atoms with Gasteiger partial charge in [-0.1, -0.05) is 92.9 Å². The van der Waals surface area contributed by atoms with E-state index in [2.05, 4.69) is 55.2 Å². The summed E-state index contributed by atoms with van der Waals surface area (Å²) >= 11 is 0. The zero-order chi connectivity index (χ0) is 25.9. The van der Waals surface area contributed by atoms with Crippen molar-refractivity contribution < 1.29 is 9.53 Å². The Labute approximate surface area is 220 Å². The Morgan fingerprint density at radius 2 is 1.43 bits per heavy atom. The number of aliphatic imine (C=N–C) groups is 1. The van der Waals surface area contributed by atoms with Gasteiger partial charge in [-0.3, -0.25) is 4.99 Å². The Hall–Kier alpha value is -3.98. The number of hydrogen-bond donors (Lipinski definition) is 0. The number of benzene rings is 4. The van der Waals surface area contributed by atoms with E-state index < -0.39 is 0 Å². The van der Waals surface area contributed by atoms with E-state index >= 15 is 0 Å². The molecule has 37 heavy (non-hydrogen) atoms. The minimum absolute atomic E-state index is 0.0789. The van der Waals surface area contributed by atoms with Crippen LogP contribution >= 0.6 is 0 Å². The van der Waals surface area contributed by atoms with Gasteiger partial charge >= 0.3 is 5.97 Å². The van der Waals surface area contributed by atoms with Gasteiger partial charge in [-0.15, -0.1) is 0 Å². The Morgan fingerprint density at radius 1 is 0.784 bits per heavy atom. The van der Waals surface area contributed by atoms with Crippen LogP contribution in [0.4, 0.5) is 0 Å². The van der Waals surface area contributed by atoms with Crippen LogP contribution in [0.5, 0.6) is 5.75 Å². The topological polar surface area (TPSA) is 38.7 Å². The highest BCUT2D eigenvalue weighted by molar-refractivity contribution is 5.91. The van der Waals surface area contributed by atoms with Gasteiger partial charge in [-0.05, 0) is 84.0 Å². The van der Waals surface area contributed by atoms with E-state index in [1.807, 2.05) is 60.8 Å². The van der Waals surface area contributed by atoms with Crippen molar-refractivity contribution >= 4 is 12.2 Å². The largest absolute Gasteiger partial charge is 0.423 e. The van der Waals surface area contributed by atoms with E-state index in [4.69, 9.17) is 4.74 Å². The number of hydrogen-bond acceptors (Lipinski definition) is 3. The Bertz CT molecular complexity index is 1270. The third-order valence-electron chi connectivity index (χ3n) is 6.55. The number of nitrogens with zero attached hydrogens (tertiary/aromatic N) is 1. The fraction of sp³-hybridized carbons (Fsp3) is 0.235. The third-order valence-corrected chi connectivity index (χ3v) is 6.55. The normalized spacial score (nSPS) is 11.9. The van der Waals surface area contributed by atoms with E-state index in [1.165, 1.54) is 36.8 Å². The molecule has 0 fully saturated rings. The quantitative estimate of drug-likeness (QED) is 0.0913. The van der Waals surface area contributed by atoms with Crippen LogP contribution in [-0.2, 0) is 6.42 Å². The molecule has 0 saturated carbocycles. The van der Waals surface area contributed by atoms with Crippen LogP contribution in [0.2, 0.25) is 0 Å². The molecule has 0 aliphatic rings. The summed E-state index contributed by atoms with van der Waals surface area (Å²) in [6.45, 7) is 4.31.